The Balaban J connectivity index is 1.93. The van der Waals surface area contributed by atoms with Gasteiger partial charge in [0.05, 0.1) is 16.6 Å². The van der Waals surface area contributed by atoms with Crippen LogP contribution in [0.5, 0.6) is 0 Å². The lowest BCUT2D eigenvalue weighted by Gasteiger charge is -2.09. The van der Waals surface area contributed by atoms with Crippen LogP contribution in [-0.2, 0) is 0 Å². The summed E-state index contributed by atoms with van der Waals surface area (Å²) in [6, 6.07) is 10.7. The molecular weight excluding hydrogens is 333 g/mol. The second-order valence-corrected chi connectivity index (χ2v) is 6.54. The molecule has 0 saturated heterocycles. The zero-order valence-electron chi connectivity index (χ0n) is 14.7. The summed E-state index contributed by atoms with van der Waals surface area (Å²) in [7, 11) is 0. The summed E-state index contributed by atoms with van der Waals surface area (Å²) in [6.07, 6.45) is 2.18. The molecule has 1 heterocycles. The second kappa shape index (κ2) is 7.47. The molecule has 0 saturated carbocycles. The third kappa shape index (κ3) is 3.64. The van der Waals surface area contributed by atoms with Crippen LogP contribution in [0.3, 0.4) is 0 Å². The maximum Gasteiger partial charge on any atom is 0.265 e. The Morgan fingerprint density at radius 1 is 1.23 bits per heavy atom. The molecular formula is C20H20FN3O2. The van der Waals surface area contributed by atoms with Gasteiger partial charge in [0.15, 0.2) is 0 Å². The highest BCUT2D eigenvalue weighted by Crippen LogP contribution is 2.14. The molecule has 0 unspecified atom stereocenters. The molecule has 0 aliphatic carbocycles. The molecule has 5 nitrogen and oxygen atoms in total. The van der Waals surface area contributed by atoms with Gasteiger partial charge in [0.25, 0.3) is 11.5 Å². The van der Waals surface area contributed by atoms with Crippen molar-refractivity contribution in [2.24, 2.45) is 5.92 Å². The first kappa shape index (κ1) is 17.8. The van der Waals surface area contributed by atoms with Gasteiger partial charge in [-0.1, -0.05) is 26.0 Å². The molecule has 0 atom stereocenters. The summed E-state index contributed by atoms with van der Waals surface area (Å²) in [5, 5.41) is 3.18. The van der Waals surface area contributed by atoms with Gasteiger partial charge < -0.3 is 5.32 Å². The van der Waals surface area contributed by atoms with Gasteiger partial charge in [-0.3, -0.25) is 14.2 Å². The minimum Gasteiger partial charge on any atom is -0.352 e. The molecule has 2 aromatic carbocycles. The number of hydrogen-bond acceptors (Lipinski definition) is 3. The van der Waals surface area contributed by atoms with Gasteiger partial charge in [-0.2, -0.15) is 0 Å². The van der Waals surface area contributed by atoms with Gasteiger partial charge in [0, 0.05) is 12.1 Å². The zero-order valence-corrected chi connectivity index (χ0v) is 14.7. The molecule has 3 aromatic rings. The number of carbonyl (C=O) groups excluding carboxylic acids is 1. The van der Waals surface area contributed by atoms with Crippen LogP contribution in [0.1, 0.15) is 30.6 Å². The van der Waals surface area contributed by atoms with Crippen molar-refractivity contribution in [3.05, 3.63) is 70.5 Å². The number of amides is 1. The van der Waals surface area contributed by atoms with Crippen LogP contribution < -0.4 is 10.9 Å². The number of halogens is 1. The van der Waals surface area contributed by atoms with Crippen LogP contribution >= 0.6 is 0 Å². The van der Waals surface area contributed by atoms with Gasteiger partial charge in [-0.05, 0) is 42.7 Å². The number of nitrogens with one attached hydrogen (secondary N) is 1. The fourth-order valence-electron chi connectivity index (χ4n) is 2.66. The molecule has 0 spiro atoms. The monoisotopic (exact) mass is 353 g/mol. The molecule has 0 aliphatic rings. The van der Waals surface area contributed by atoms with E-state index in [0.717, 1.165) is 6.42 Å². The van der Waals surface area contributed by atoms with E-state index in [9.17, 15) is 14.0 Å². The molecule has 0 fully saturated rings. The lowest BCUT2D eigenvalue weighted by Crippen LogP contribution is -2.25. The highest BCUT2D eigenvalue weighted by molar-refractivity contribution is 5.97. The van der Waals surface area contributed by atoms with E-state index in [-0.39, 0.29) is 17.2 Å². The van der Waals surface area contributed by atoms with Crippen molar-refractivity contribution >= 4 is 16.8 Å². The molecule has 6 heteroatoms. The first-order chi connectivity index (χ1) is 12.5. The summed E-state index contributed by atoms with van der Waals surface area (Å²) < 4.78 is 15.1. The molecule has 0 radical (unpaired) electrons. The minimum atomic E-state index is -0.503. The lowest BCUT2D eigenvalue weighted by atomic mass is 10.1. The largest absolute Gasteiger partial charge is 0.352 e. The Morgan fingerprint density at radius 2 is 2.00 bits per heavy atom. The number of para-hydroxylation sites is 1. The van der Waals surface area contributed by atoms with E-state index in [0.29, 0.717) is 28.9 Å². The van der Waals surface area contributed by atoms with E-state index in [1.807, 2.05) is 0 Å². The number of rotatable bonds is 5. The van der Waals surface area contributed by atoms with E-state index in [1.165, 1.54) is 23.0 Å². The first-order valence-corrected chi connectivity index (χ1v) is 8.52. The molecule has 1 amide bonds. The number of fused-ring (bicyclic) bond motifs is 1. The van der Waals surface area contributed by atoms with E-state index in [2.05, 4.69) is 24.1 Å². The third-order valence-electron chi connectivity index (χ3n) is 4.14. The van der Waals surface area contributed by atoms with Gasteiger partial charge in [-0.25, -0.2) is 9.37 Å². The van der Waals surface area contributed by atoms with Crippen molar-refractivity contribution in [1.82, 2.24) is 14.9 Å². The molecule has 1 aromatic heterocycles. The van der Waals surface area contributed by atoms with Crippen LogP contribution in [0.4, 0.5) is 4.39 Å². The number of benzene rings is 2. The van der Waals surface area contributed by atoms with Crippen LogP contribution in [0.15, 0.2) is 53.6 Å². The van der Waals surface area contributed by atoms with Gasteiger partial charge in [0.2, 0.25) is 0 Å². The summed E-state index contributed by atoms with van der Waals surface area (Å²) in [4.78, 5) is 29.1. The Kier molecular flexibility index (Phi) is 5.11. The van der Waals surface area contributed by atoms with Crippen molar-refractivity contribution < 1.29 is 9.18 Å². The fraction of sp³-hybridized carbons (Fsp3) is 0.250. The maximum absolute atomic E-state index is 14.0. The lowest BCUT2D eigenvalue weighted by molar-refractivity contribution is 0.0952. The number of aromatic nitrogens is 2. The second-order valence-electron chi connectivity index (χ2n) is 6.54. The van der Waals surface area contributed by atoms with Crippen LogP contribution in [0.2, 0.25) is 0 Å². The van der Waals surface area contributed by atoms with E-state index >= 15 is 0 Å². The maximum atomic E-state index is 14.0. The Hall–Kier alpha value is -3.02. The highest BCUT2D eigenvalue weighted by atomic mass is 19.1. The smallest absolute Gasteiger partial charge is 0.265 e. The zero-order chi connectivity index (χ0) is 18.7. The minimum absolute atomic E-state index is 0.141. The third-order valence-corrected chi connectivity index (χ3v) is 4.14. The topological polar surface area (TPSA) is 64.0 Å². The SMILES string of the molecule is CC(C)CCNC(=O)c1ccc2c(=O)n(-c3ccccc3F)cnc2c1. The summed E-state index contributed by atoms with van der Waals surface area (Å²) >= 11 is 0. The van der Waals surface area contributed by atoms with Crippen LogP contribution in [-0.4, -0.2) is 22.0 Å². The molecule has 1 N–H and O–H groups in total. The molecule has 0 aliphatic heterocycles. The predicted octanol–water partition coefficient (Wildman–Crippen LogP) is 3.30. The van der Waals surface area contributed by atoms with Crippen molar-refractivity contribution in [3.8, 4) is 5.69 Å². The predicted molar refractivity (Wildman–Crippen MR) is 99.1 cm³/mol. The van der Waals surface area contributed by atoms with E-state index < -0.39 is 5.82 Å². The average molecular weight is 353 g/mol. The summed E-state index contributed by atoms with van der Waals surface area (Å²) in [5.41, 5.74) is 0.602. The van der Waals surface area contributed by atoms with Gasteiger partial charge in [0.1, 0.15) is 12.1 Å². The molecule has 26 heavy (non-hydrogen) atoms. The fourth-order valence-corrected chi connectivity index (χ4v) is 2.66. The van der Waals surface area contributed by atoms with Crippen molar-refractivity contribution in [3.63, 3.8) is 0 Å². The van der Waals surface area contributed by atoms with Gasteiger partial charge >= 0.3 is 0 Å². The number of carbonyl (C=O) groups is 1. The summed E-state index contributed by atoms with van der Waals surface area (Å²) in [5.74, 6) is -0.199. The quantitative estimate of drug-likeness (QED) is 0.765. The van der Waals surface area contributed by atoms with Crippen LogP contribution in [0.25, 0.3) is 16.6 Å². The molecule has 0 bridgehead atoms. The standard InChI is InChI=1S/C20H20FN3O2/c1-13(2)9-10-22-19(25)14-7-8-15-17(11-14)23-12-24(20(15)26)18-6-4-3-5-16(18)21/h3-8,11-13H,9-10H2,1-2H3,(H,22,25). The normalized spacial score (nSPS) is 11.1. The van der Waals surface area contributed by atoms with Crippen molar-refractivity contribution in [2.75, 3.05) is 6.54 Å². The Morgan fingerprint density at radius 3 is 2.73 bits per heavy atom. The van der Waals surface area contributed by atoms with E-state index in [4.69, 9.17) is 0 Å². The first-order valence-electron chi connectivity index (χ1n) is 8.52. The molecule has 134 valence electrons. The van der Waals surface area contributed by atoms with E-state index in [1.54, 1.807) is 30.3 Å². The average Bonchev–Trinajstić information content (AvgIpc) is 2.62. The van der Waals surface area contributed by atoms with Gasteiger partial charge in [-0.15, -0.1) is 0 Å². The Labute approximate surface area is 150 Å². The number of nitrogens with zero attached hydrogens (tertiary/aromatic N) is 2. The van der Waals surface area contributed by atoms with Crippen molar-refractivity contribution in [2.45, 2.75) is 20.3 Å². The molecule has 3 rings (SSSR count). The van der Waals surface area contributed by atoms with Crippen LogP contribution in [0, 0.1) is 11.7 Å². The number of hydrogen-bond donors (Lipinski definition) is 1. The highest BCUT2D eigenvalue weighted by Gasteiger charge is 2.12. The van der Waals surface area contributed by atoms with Crippen molar-refractivity contribution in [1.29, 1.82) is 0 Å². The Bertz CT molecular complexity index is 1010. The summed E-state index contributed by atoms with van der Waals surface area (Å²) in [6.45, 7) is 4.77.